The number of hydrogen-bond acceptors (Lipinski definition) is 2. The third-order valence-corrected chi connectivity index (χ3v) is 6.40. The number of rotatable bonds is 25. The molecule has 31 heavy (non-hydrogen) atoms. The predicted molar refractivity (Wildman–Crippen MR) is 143 cm³/mol. The molecule has 0 aromatic rings. The summed E-state index contributed by atoms with van der Waals surface area (Å²) in [6.45, 7) is 0.973. The Morgan fingerprint density at radius 3 is 1.06 bits per heavy atom. The van der Waals surface area contributed by atoms with E-state index < -0.39 is 5.97 Å². The van der Waals surface area contributed by atoms with Crippen molar-refractivity contribution in [2.45, 2.75) is 148 Å². The van der Waals surface area contributed by atoms with E-state index in [0.29, 0.717) is 10.7 Å². The second-order valence-electron chi connectivity index (χ2n) is 9.15. The number of aliphatic carboxylic acids is 1. The maximum Gasteiger partial charge on any atom is 0.303 e. The van der Waals surface area contributed by atoms with E-state index in [-0.39, 0.29) is 0 Å². The van der Waals surface area contributed by atoms with Crippen molar-refractivity contribution in [2.75, 3.05) is 6.54 Å². The lowest BCUT2D eigenvalue weighted by molar-refractivity contribution is -0.137. The molecule has 0 aliphatic rings. The van der Waals surface area contributed by atoms with Gasteiger partial charge in [0.2, 0.25) is 0 Å². The zero-order chi connectivity index (χ0) is 22.8. The van der Waals surface area contributed by atoms with Crippen LogP contribution in [0, 0.1) is 0 Å². The molecule has 0 aliphatic carbocycles. The maximum atomic E-state index is 10.4. The van der Waals surface area contributed by atoms with Crippen LogP contribution in [0.3, 0.4) is 0 Å². The fourth-order valence-electron chi connectivity index (χ4n) is 4.13. The molecule has 0 aromatic carbocycles. The monoisotopic (exact) mass is 473 g/mol. The molecule has 0 rings (SSSR count). The molecule has 0 aromatic heterocycles. The van der Waals surface area contributed by atoms with Crippen LogP contribution < -0.4 is 5.32 Å². The van der Waals surface area contributed by atoms with Crippen LogP contribution >= 0.6 is 24.8 Å². The van der Waals surface area contributed by atoms with Gasteiger partial charge in [-0.3, -0.25) is 4.79 Å². The molecule has 5 heteroatoms. The summed E-state index contributed by atoms with van der Waals surface area (Å²) in [7, 11) is 0. The van der Waals surface area contributed by atoms with Crippen molar-refractivity contribution in [1.29, 1.82) is 0 Å². The van der Waals surface area contributed by atoms with Gasteiger partial charge in [0.25, 0.3) is 0 Å². The van der Waals surface area contributed by atoms with Gasteiger partial charge < -0.3 is 10.4 Å². The summed E-state index contributed by atoms with van der Waals surface area (Å²) in [6.07, 6.45) is 29.7. The van der Waals surface area contributed by atoms with Crippen LogP contribution in [0.15, 0.2) is 0 Å². The molecule has 0 bridgehead atoms. The summed E-state index contributed by atoms with van der Waals surface area (Å²) in [4.78, 5) is 10.4. The van der Waals surface area contributed by atoms with E-state index in [4.69, 9.17) is 17.3 Å². The van der Waals surface area contributed by atoms with Crippen molar-refractivity contribution >= 4 is 35.1 Å². The van der Waals surface area contributed by atoms with E-state index >= 15 is 0 Å². The largest absolute Gasteiger partial charge is 0.481 e. The average molecular weight is 474 g/mol. The highest BCUT2D eigenvalue weighted by Crippen LogP contribution is 2.15. The third-order valence-electron chi connectivity index (χ3n) is 6.09. The lowest BCUT2D eigenvalue weighted by Gasteiger charge is -2.05. The van der Waals surface area contributed by atoms with Crippen molar-refractivity contribution in [3.05, 3.63) is 0 Å². The van der Waals surface area contributed by atoms with Crippen LogP contribution in [0.5, 0.6) is 0 Å². The standard InChI is InChI=1S/C26H51NO2S2/c28-25(29)23-21-19-17-15-13-11-9-7-5-3-1-2-4-6-8-10-12-14-16-18-20-22-24-27-26(30)31/h1-24H2,(H,28,29)(H2,27,30,31). The van der Waals surface area contributed by atoms with Crippen LogP contribution in [0.1, 0.15) is 148 Å². The Labute approximate surface area is 204 Å². The van der Waals surface area contributed by atoms with E-state index in [9.17, 15) is 4.79 Å². The summed E-state index contributed by atoms with van der Waals surface area (Å²) < 4.78 is 0.617. The molecule has 184 valence electrons. The molecule has 0 saturated heterocycles. The fraction of sp³-hybridized carbons (Fsp3) is 0.923. The highest BCUT2D eigenvalue weighted by atomic mass is 32.1. The van der Waals surface area contributed by atoms with Crippen LogP contribution in [-0.4, -0.2) is 21.9 Å². The number of unbranched alkanes of at least 4 members (excludes halogenated alkanes) is 21. The number of carboxylic acid groups (broad SMARTS) is 1. The Bertz CT molecular complexity index is 369. The molecule has 2 N–H and O–H groups in total. The van der Waals surface area contributed by atoms with Crippen LogP contribution in [0.4, 0.5) is 0 Å². The Balaban J connectivity index is 3.02. The normalized spacial score (nSPS) is 11.0. The first-order chi connectivity index (χ1) is 15.1. The molecule has 0 saturated carbocycles. The zero-order valence-electron chi connectivity index (χ0n) is 20.2. The smallest absolute Gasteiger partial charge is 0.303 e. The van der Waals surface area contributed by atoms with Gasteiger partial charge in [-0.15, -0.1) is 12.6 Å². The van der Waals surface area contributed by atoms with Gasteiger partial charge >= 0.3 is 5.97 Å². The van der Waals surface area contributed by atoms with E-state index in [1.807, 2.05) is 0 Å². The SMILES string of the molecule is O=C(O)CCCCCCCCCCCCCCCCCCCCCCCCNC(=S)S. The van der Waals surface area contributed by atoms with E-state index in [0.717, 1.165) is 19.4 Å². The first kappa shape index (κ1) is 30.7. The number of carbonyl (C=O) groups is 1. The third kappa shape index (κ3) is 29.7. The molecule has 0 atom stereocenters. The molecule has 3 nitrogen and oxygen atoms in total. The van der Waals surface area contributed by atoms with Crippen molar-refractivity contribution in [3.63, 3.8) is 0 Å². The second-order valence-corrected chi connectivity index (χ2v) is 10.3. The van der Waals surface area contributed by atoms with Gasteiger partial charge in [0.1, 0.15) is 4.32 Å². The van der Waals surface area contributed by atoms with Gasteiger partial charge in [-0.25, -0.2) is 0 Å². The Morgan fingerprint density at radius 1 is 0.548 bits per heavy atom. The van der Waals surface area contributed by atoms with Gasteiger partial charge in [-0.1, -0.05) is 141 Å². The Hall–Kier alpha value is -0.290. The number of thiocarbonyl (C=S) groups is 1. The minimum absolute atomic E-state index is 0.340. The number of carboxylic acids is 1. The number of hydrogen-bond donors (Lipinski definition) is 3. The van der Waals surface area contributed by atoms with Gasteiger partial charge in [0, 0.05) is 13.0 Å². The van der Waals surface area contributed by atoms with Gasteiger partial charge in [-0.05, 0) is 12.8 Å². The molecule has 0 radical (unpaired) electrons. The average Bonchev–Trinajstić information content (AvgIpc) is 2.73. The van der Waals surface area contributed by atoms with Gasteiger partial charge in [0.15, 0.2) is 0 Å². The minimum atomic E-state index is -0.655. The molecule has 0 aliphatic heterocycles. The quantitative estimate of drug-likeness (QED) is 0.0704. The first-order valence-corrected chi connectivity index (χ1v) is 14.2. The zero-order valence-corrected chi connectivity index (χ0v) is 21.9. The van der Waals surface area contributed by atoms with E-state index in [1.165, 1.54) is 128 Å². The summed E-state index contributed by atoms with van der Waals surface area (Å²) in [5, 5.41) is 11.7. The summed E-state index contributed by atoms with van der Waals surface area (Å²) in [6, 6.07) is 0. The molecule has 0 spiro atoms. The summed E-state index contributed by atoms with van der Waals surface area (Å²) in [5.41, 5.74) is 0. The topological polar surface area (TPSA) is 49.3 Å². The summed E-state index contributed by atoms with van der Waals surface area (Å²) in [5.74, 6) is -0.655. The lowest BCUT2D eigenvalue weighted by atomic mass is 10.0. The minimum Gasteiger partial charge on any atom is -0.481 e. The molecule has 0 amide bonds. The highest BCUT2D eigenvalue weighted by Gasteiger charge is 1.98. The van der Waals surface area contributed by atoms with Crippen molar-refractivity contribution < 1.29 is 9.90 Å². The van der Waals surface area contributed by atoms with Gasteiger partial charge in [-0.2, -0.15) is 0 Å². The van der Waals surface area contributed by atoms with Crippen LogP contribution in [0.2, 0.25) is 0 Å². The lowest BCUT2D eigenvalue weighted by Crippen LogP contribution is -2.17. The van der Waals surface area contributed by atoms with Gasteiger partial charge in [0.05, 0.1) is 0 Å². The Morgan fingerprint density at radius 2 is 0.806 bits per heavy atom. The second kappa shape index (κ2) is 26.0. The molecule has 0 fully saturated rings. The molecular formula is C26H51NO2S2. The van der Waals surface area contributed by atoms with E-state index in [1.54, 1.807) is 0 Å². The Kier molecular flexibility index (Phi) is 25.7. The van der Waals surface area contributed by atoms with Crippen LogP contribution in [0.25, 0.3) is 0 Å². The van der Waals surface area contributed by atoms with Crippen molar-refractivity contribution in [3.8, 4) is 0 Å². The van der Waals surface area contributed by atoms with Crippen molar-refractivity contribution in [2.24, 2.45) is 0 Å². The molecule has 0 heterocycles. The maximum absolute atomic E-state index is 10.4. The van der Waals surface area contributed by atoms with Crippen LogP contribution in [-0.2, 0) is 4.79 Å². The molecular weight excluding hydrogens is 422 g/mol. The fourth-order valence-corrected chi connectivity index (χ4v) is 4.35. The first-order valence-electron chi connectivity index (χ1n) is 13.3. The highest BCUT2D eigenvalue weighted by molar-refractivity contribution is 8.11. The summed E-state index contributed by atoms with van der Waals surface area (Å²) >= 11 is 8.94. The number of thiol groups is 1. The number of nitrogens with one attached hydrogen (secondary N) is 1. The van der Waals surface area contributed by atoms with Crippen molar-refractivity contribution in [1.82, 2.24) is 5.32 Å². The molecule has 0 unspecified atom stereocenters. The predicted octanol–water partition coefficient (Wildman–Crippen LogP) is 8.85. The van der Waals surface area contributed by atoms with E-state index in [2.05, 4.69) is 17.9 Å².